The van der Waals surface area contributed by atoms with Gasteiger partial charge in [-0.2, -0.15) is 0 Å². The van der Waals surface area contributed by atoms with Gasteiger partial charge in [0.1, 0.15) is 0 Å². The van der Waals surface area contributed by atoms with E-state index in [9.17, 15) is 9.59 Å². The summed E-state index contributed by atoms with van der Waals surface area (Å²) in [4.78, 5) is 20.6. The van der Waals surface area contributed by atoms with E-state index in [-0.39, 0.29) is 0 Å². The molecule has 3 N–H and O–H groups in total. The molecule has 5 nitrogen and oxygen atoms in total. The summed E-state index contributed by atoms with van der Waals surface area (Å²) in [6, 6.07) is 0. The summed E-state index contributed by atoms with van der Waals surface area (Å²) < 4.78 is 0. The van der Waals surface area contributed by atoms with E-state index in [4.69, 9.17) is 15.3 Å². The van der Waals surface area contributed by atoms with Crippen molar-refractivity contribution in [2.45, 2.75) is 310 Å². The Morgan fingerprint density at radius 1 is 0.281 bits per heavy atom. The lowest BCUT2D eigenvalue weighted by Gasteiger charge is -2.04. The zero-order valence-corrected chi connectivity index (χ0v) is 43.3. The minimum absolute atomic E-state index is 0.324. The van der Waals surface area contributed by atoms with Gasteiger partial charge in [-0.25, -0.2) is 0 Å². The normalized spacial score (nSPS) is 11.5. The molecule has 0 aromatic heterocycles. The first-order valence-corrected chi connectivity index (χ1v) is 28.1. The van der Waals surface area contributed by atoms with E-state index in [1.807, 2.05) is 0 Å². The monoisotopic (exact) mass is 901 g/mol. The maximum atomic E-state index is 10.3. The summed E-state index contributed by atoms with van der Waals surface area (Å²) in [6.45, 7) is 7.14. The van der Waals surface area contributed by atoms with Crippen molar-refractivity contribution in [1.82, 2.24) is 0 Å². The fourth-order valence-electron chi connectivity index (χ4n) is 7.72. The van der Waals surface area contributed by atoms with Crippen LogP contribution >= 0.6 is 0 Å². The molecule has 0 saturated carbocycles. The molecule has 0 unspecified atom stereocenters. The molecule has 0 aliphatic rings. The van der Waals surface area contributed by atoms with E-state index >= 15 is 0 Å². The highest BCUT2D eigenvalue weighted by atomic mass is 16.4. The van der Waals surface area contributed by atoms with Crippen LogP contribution in [0.1, 0.15) is 310 Å². The SMILES string of the molecule is CCCCC/C=C\C/C=C\CCCCCCCC(=O)O.CCCCC/C=C\C/C=C\CCCCCCCC(=O)O.CCCCCCCCCCCCCCCCCCCCCCCO. The van der Waals surface area contributed by atoms with Gasteiger partial charge in [0.25, 0.3) is 0 Å². The Hall–Kier alpha value is -2.14. The first-order chi connectivity index (χ1) is 31.5. The number of carbonyl (C=O) groups is 2. The zero-order valence-electron chi connectivity index (χ0n) is 43.3. The molecule has 0 radical (unpaired) electrons. The van der Waals surface area contributed by atoms with Gasteiger partial charge in [0.15, 0.2) is 0 Å². The lowest BCUT2D eigenvalue weighted by atomic mass is 10.0. The highest BCUT2D eigenvalue weighted by Gasteiger charge is 1.98. The molecule has 0 fully saturated rings. The number of hydrogen-bond donors (Lipinski definition) is 3. The Balaban J connectivity index is -0.000000878. The standard InChI is InChI=1S/C23H48O.2C18H32O2/c1-2-3-4-5-6-7-8-9-10-11-12-13-14-15-16-17-18-19-20-21-22-23-24;2*1-2-3-4-5-6-7-8-9-10-11-12-13-14-15-16-17-18(19)20/h24H,2-23H2,1H3;2*6-7,9-10H,2-5,8,11-17H2,1H3,(H,19,20)/b;2*7-6-,10-9-. The minimum Gasteiger partial charge on any atom is -0.481 e. The molecule has 0 heterocycles. The highest BCUT2D eigenvalue weighted by molar-refractivity contribution is 5.66. The smallest absolute Gasteiger partial charge is 0.303 e. The summed E-state index contributed by atoms with van der Waals surface area (Å²) in [5, 5.41) is 25.7. The molecule has 0 rings (SSSR count). The summed E-state index contributed by atoms with van der Waals surface area (Å²) >= 11 is 0. The molecule has 0 aliphatic heterocycles. The Kier molecular flexibility index (Phi) is 67.3. The van der Waals surface area contributed by atoms with Crippen molar-refractivity contribution >= 4 is 11.9 Å². The van der Waals surface area contributed by atoms with Crippen LogP contribution in [0.25, 0.3) is 0 Å². The number of hydrogen-bond acceptors (Lipinski definition) is 3. The minimum atomic E-state index is -0.671. The number of unbranched alkanes of at least 4 members (excludes halogenated alkanes) is 36. The third-order valence-electron chi connectivity index (χ3n) is 11.9. The van der Waals surface area contributed by atoms with Gasteiger partial charge in [0, 0.05) is 19.4 Å². The van der Waals surface area contributed by atoms with Crippen molar-refractivity contribution in [3.05, 3.63) is 48.6 Å². The maximum absolute atomic E-state index is 10.3. The number of rotatable bonds is 49. The van der Waals surface area contributed by atoms with Gasteiger partial charge in [-0.05, 0) is 83.5 Å². The summed E-state index contributed by atoms with van der Waals surface area (Å²) in [5.41, 5.74) is 0. The van der Waals surface area contributed by atoms with Gasteiger partial charge in [-0.1, -0.05) is 262 Å². The number of carboxylic acids is 2. The molecule has 0 aliphatic carbocycles. The molecule has 0 spiro atoms. The quantitative estimate of drug-likeness (QED) is 0.0418. The van der Waals surface area contributed by atoms with Crippen LogP contribution in [-0.2, 0) is 9.59 Å². The summed E-state index contributed by atoms with van der Waals surface area (Å²) in [5.74, 6) is -1.34. The largest absolute Gasteiger partial charge is 0.481 e. The van der Waals surface area contributed by atoms with Crippen LogP contribution in [0.2, 0.25) is 0 Å². The molecule has 5 heteroatoms. The van der Waals surface area contributed by atoms with Crippen LogP contribution < -0.4 is 0 Å². The molecule has 64 heavy (non-hydrogen) atoms. The van der Waals surface area contributed by atoms with Crippen molar-refractivity contribution in [2.24, 2.45) is 0 Å². The lowest BCUT2D eigenvalue weighted by molar-refractivity contribution is -0.138. The van der Waals surface area contributed by atoms with Crippen LogP contribution in [0.4, 0.5) is 0 Å². The lowest BCUT2D eigenvalue weighted by Crippen LogP contribution is -1.93. The van der Waals surface area contributed by atoms with Crippen molar-refractivity contribution in [1.29, 1.82) is 0 Å². The Morgan fingerprint density at radius 3 is 0.734 bits per heavy atom. The van der Waals surface area contributed by atoms with Crippen LogP contribution in [0.15, 0.2) is 48.6 Å². The number of aliphatic carboxylic acids is 2. The van der Waals surface area contributed by atoms with Gasteiger partial charge in [-0.15, -0.1) is 0 Å². The van der Waals surface area contributed by atoms with Crippen molar-refractivity contribution in [3.8, 4) is 0 Å². The zero-order chi connectivity index (χ0) is 47.3. The molecule has 0 atom stereocenters. The Morgan fingerprint density at radius 2 is 0.484 bits per heavy atom. The van der Waals surface area contributed by atoms with Crippen molar-refractivity contribution in [2.75, 3.05) is 6.61 Å². The first-order valence-electron chi connectivity index (χ1n) is 28.1. The van der Waals surface area contributed by atoms with E-state index in [1.54, 1.807) is 0 Å². The van der Waals surface area contributed by atoms with Crippen LogP contribution in [0.5, 0.6) is 0 Å². The molecule has 0 bridgehead atoms. The number of carboxylic acid groups (broad SMARTS) is 2. The van der Waals surface area contributed by atoms with E-state index in [0.717, 1.165) is 57.8 Å². The van der Waals surface area contributed by atoms with E-state index in [1.165, 1.54) is 218 Å². The van der Waals surface area contributed by atoms with Crippen LogP contribution in [0, 0.1) is 0 Å². The molecule has 378 valence electrons. The van der Waals surface area contributed by atoms with Gasteiger partial charge < -0.3 is 15.3 Å². The topological polar surface area (TPSA) is 94.8 Å². The highest BCUT2D eigenvalue weighted by Crippen LogP contribution is 2.15. The molecular weight excluding hydrogens is 789 g/mol. The summed E-state index contributed by atoms with van der Waals surface area (Å²) in [6.07, 6.45) is 74.2. The Bertz CT molecular complexity index is 904. The first kappa shape index (κ1) is 66.1. The van der Waals surface area contributed by atoms with Gasteiger partial charge >= 0.3 is 11.9 Å². The molecule has 0 aromatic rings. The molecule has 0 saturated heterocycles. The average molecular weight is 902 g/mol. The van der Waals surface area contributed by atoms with E-state index in [0.29, 0.717) is 19.4 Å². The summed E-state index contributed by atoms with van der Waals surface area (Å²) in [7, 11) is 0. The fourth-order valence-corrected chi connectivity index (χ4v) is 7.72. The number of aliphatic hydroxyl groups is 1. The maximum Gasteiger partial charge on any atom is 0.303 e. The fraction of sp³-hybridized carbons (Fsp3) is 0.831. The molecular formula is C59H112O5. The predicted octanol–water partition coefficient (Wildman–Crippen LogP) is 20.0. The number of allylic oxidation sites excluding steroid dienone is 8. The predicted molar refractivity (Wildman–Crippen MR) is 284 cm³/mol. The molecule has 0 amide bonds. The number of aliphatic hydroxyl groups excluding tert-OH is 1. The van der Waals surface area contributed by atoms with Gasteiger partial charge in [0.05, 0.1) is 0 Å². The average Bonchev–Trinajstić information content (AvgIpc) is 3.28. The van der Waals surface area contributed by atoms with Gasteiger partial charge in [-0.3, -0.25) is 9.59 Å². The van der Waals surface area contributed by atoms with Crippen molar-refractivity contribution in [3.63, 3.8) is 0 Å². The third kappa shape index (κ3) is 74.2. The van der Waals surface area contributed by atoms with Crippen molar-refractivity contribution < 1.29 is 24.9 Å². The van der Waals surface area contributed by atoms with Crippen LogP contribution in [0.3, 0.4) is 0 Å². The van der Waals surface area contributed by atoms with E-state index < -0.39 is 11.9 Å². The second-order valence-electron chi connectivity index (χ2n) is 18.5. The Labute approximate surface area is 400 Å². The van der Waals surface area contributed by atoms with E-state index in [2.05, 4.69) is 69.4 Å². The second-order valence-corrected chi connectivity index (χ2v) is 18.5. The van der Waals surface area contributed by atoms with Gasteiger partial charge in [0.2, 0.25) is 0 Å². The second kappa shape index (κ2) is 65.1. The molecule has 0 aromatic carbocycles. The third-order valence-corrected chi connectivity index (χ3v) is 11.9. The van der Waals surface area contributed by atoms with Crippen LogP contribution in [-0.4, -0.2) is 33.9 Å².